The van der Waals surface area contributed by atoms with Gasteiger partial charge in [0.1, 0.15) is 6.04 Å². The zero-order chi connectivity index (χ0) is 12.3. The smallest absolute Gasteiger partial charge is 0.327 e. The molecule has 0 aromatic heterocycles. The average Bonchev–Trinajstić information content (AvgIpc) is 2.27. The van der Waals surface area contributed by atoms with Crippen LogP contribution in [0.4, 0.5) is 5.69 Å². The van der Waals surface area contributed by atoms with E-state index in [-0.39, 0.29) is 5.69 Å². The number of halogens is 1. The molecule has 7 heteroatoms. The maximum absolute atomic E-state index is 11.1. The van der Waals surface area contributed by atoms with Crippen LogP contribution in [0.2, 0.25) is 0 Å². The summed E-state index contributed by atoms with van der Waals surface area (Å²) in [6, 6.07) is 3.22. The predicted octanol–water partition coefficient (Wildman–Crippen LogP) is 1.53. The van der Waals surface area contributed by atoms with E-state index >= 15 is 0 Å². The monoisotopic (exact) mass is 288 g/mol. The SMILES string of the molecule is COC(=O)[C@H](N)c1ccc(Br)c([N+](=O)[O-])c1. The van der Waals surface area contributed by atoms with Gasteiger partial charge in [0.25, 0.3) is 5.69 Å². The van der Waals surface area contributed by atoms with Crippen LogP contribution in [0.15, 0.2) is 22.7 Å². The lowest BCUT2D eigenvalue weighted by Crippen LogP contribution is -2.22. The van der Waals surface area contributed by atoms with Gasteiger partial charge in [0.15, 0.2) is 0 Å². The van der Waals surface area contributed by atoms with Crippen LogP contribution in [-0.4, -0.2) is 18.0 Å². The summed E-state index contributed by atoms with van der Waals surface area (Å²) in [5, 5.41) is 10.7. The molecular weight excluding hydrogens is 280 g/mol. The molecule has 0 spiro atoms. The quantitative estimate of drug-likeness (QED) is 0.517. The van der Waals surface area contributed by atoms with E-state index in [1.54, 1.807) is 0 Å². The van der Waals surface area contributed by atoms with Gasteiger partial charge in [0.2, 0.25) is 0 Å². The Morgan fingerprint density at radius 1 is 1.62 bits per heavy atom. The Kier molecular flexibility index (Phi) is 3.97. The van der Waals surface area contributed by atoms with Crippen molar-refractivity contribution in [3.63, 3.8) is 0 Å². The molecular formula is C9H9BrN2O4. The Balaban J connectivity index is 3.12. The van der Waals surface area contributed by atoms with Crippen molar-refractivity contribution in [3.05, 3.63) is 38.3 Å². The molecule has 0 aliphatic heterocycles. The third-order valence-corrected chi connectivity index (χ3v) is 2.65. The van der Waals surface area contributed by atoms with Crippen molar-refractivity contribution in [2.24, 2.45) is 5.73 Å². The molecule has 0 fully saturated rings. The number of methoxy groups -OCH3 is 1. The molecule has 6 nitrogen and oxygen atoms in total. The number of hydrogen-bond acceptors (Lipinski definition) is 5. The lowest BCUT2D eigenvalue weighted by molar-refractivity contribution is -0.385. The maximum Gasteiger partial charge on any atom is 0.327 e. The Morgan fingerprint density at radius 3 is 2.75 bits per heavy atom. The fourth-order valence-corrected chi connectivity index (χ4v) is 1.52. The highest BCUT2D eigenvalue weighted by Gasteiger charge is 2.20. The number of benzene rings is 1. The van der Waals surface area contributed by atoms with Crippen molar-refractivity contribution < 1.29 is 14.5 Å². The Bertz CT molecular complexity index is 436. The van der Waals surface area contributed by atoms with Crippen molar-refractivity contribution in [1.29, 1.82) is 0 Å². The molecule has 0 amide bonds. The highest BCUT2D eigenvalue weighted by Crippen LogP contribution is 2.27. The van der Waals surface area contributed by atoms with E-state index in [1.807, 2.05) is 0 Å². The molecule has 0 heterocycles. The molecule has 0 aliphatic rings. The topological polar surface area (TPSA) is 95.5 Å². The van der Waals surface area contributed by atoms with Gasteiger partial charge in [-0.25, -0.2) is 0 Å². The lowest BCUT2D eigenvalue weighted by Gasteiger charge is -2.09. The van der Waals surface area contributed by atoms with Crippen molar-refractivity contribution in [2.75, 3.05) is 7.11 Å². The number of carbonyl (C=O) groups excluding carboxylic acids is 1. The van der Waals surface area contributed by atoms with E-state index in [0.29, 0.717) is 10.0 Å². The number of hydrogen-bond donors (Lipinski definition) is 1. The second kappa shape index (κ2) is 5.04. The largest absolute Gasteiger partial charge is 0.468 e. The van der Waals surface area contributed by atoms with E-state index in [1.165, 1.54) is 25.3 Å². The van der Waals surface area contributed by atoms with Gasteiger partial charge in [-0.2, -0.15) is 0 Å². The summed E-state index contributed by atoms with van der Waals surface area (Å²) >= 11 is 3.04. The number of esters is 1. The summed E-state index contributed by atoms with van der Waals surface area (Å²) in [4.78, 5) is 21.2. The fourth-order valence-electron chi connectivity index (χ4n) is 1.13. The van der Waals surface area contributed by atoms with Crippen molar-refractivity contribution in [2.45, 2.75) is 6.04 Å². The molecule has 0 aliphatic carbocycles. The summed E-state index contributed by atoms with van der Waals surface area (Å²) in [5.41, 5.74) is 5.75. The number of nitrogens with two attached hydrogens (primary N) is 1. The summed E-state index contributed by atoms with van der Waals surface area (Å²) in [6.45, 7) is 0. The van der Waals surface area contributed by atoms with Gasteiger partial charge in [0, 0.05) is 6.07 Å². The second-order valence-corrected chi connectivity index (χ2v) is 3.82. The third kappa shape index (κ3) is 2.56. The van der Waals surface area contributed by atoms with Crippen LogP contribution in [0.5, 0.6) is 0 Å². The number of nitro benzene ring substituents is 1. The average molecular weight is 289 g/mol. The minimum Gasteiger partial charge on any atom is -0.468 e. The zero-order valence-corrected chi connectivity index (χ0v) is 9.93. The van der Waals surface area contributed by atoms with E-state index in [4.69, 9.17) is 5.73 Å². The highest BCUT2D eigenvalue weighted by molar-refractivity contribution is 9.10. The van der Waals surface area contributed by atoms with Crippen molar-refractivity contribution >= 4 is 27.6 Å². The Hall–Kier alpha value is -1.47. The Morgan fingerprint density at radius 2 is 2.25 bits per heavy atom. The molecule has 0 bridgehead atoms. The number of nitrogens with zero attached hydrogens (tertiary/aromatic N) is 1. The number of ether oxygens (including phenoxy) is 1. The molecule has 0 unspecified atom stereocenters. The number of nitro groups is 1. The van der Waals surface area contributed by atoms with Gasteiger partial charge in [0.05, 0.1) is 16.5 Å². The van der Waals surface area contributed by atoms with Gasteiger partial charge in [-0.1, -0.05) is 6.07 Å². The minimum atomic E-state index is -1.02. The van der Waals surface area contributed by atoms with E-state index in [0.717, 1.165) is 0 Å². The molecule has 1 rings (SSSR count). The standard InChI is InChI=1S/C9H9BrN2O4/c1-16-9(13)8(11)5-2-3-6(10)7(4-5)12(14)15/h2-4,8H,11H2,1H3/t8-/m1/s1. The van der Waals surface area contributed by atoms with Crippen LogP contribution < -0.4 is 5.73 Å². The predicted molar refractivity (Wildman–Crippen MR) is 59.7 cm³/mol. The van der Waals surface area contributed by atoms with Crippen molar-refractivity contribution in [3.8, 4) is 0 Å². The summed E-state index contributed by atoms with van der Waals surface area (Å²) in [5.74, 6) is -0.642. The molecule has 0 saturated carbocycles. The zero-order valence-electron chi connectivity index (χ0n) is 8.34. The molecule has 1 aromatic carbocycles. The molecule has 86 valence electrons. The molecule has 1 atom stereocenters. The van der Waals surface area contributed by atoms with Crippen molar-refractivity contribution in [1.82, 2.24) is 0 Å². The first-order valence-corrected chi connectivity index (χ1v) is 5.04. The highest BCUT2D eigenvalue weighted by atomic mass is 79.9. The fraction of sp³-hybridized carbons (Fsp3) is 0.222. The maximum atomic E-state index is 11.1. The van der Waals surface area contributed by atoms with Crippen LogP contribution in [0, 0.1) is 10.1 Å². The van der Waals surface area contributed by atoms with Crippen LogP contribution in [0.1, 0.15) is 11.6 Å². The minimum absolute atomic E-state index is 0.142. The number of rotatable bonds is 3. The normalized spacial score (nSPS) is 11.9. The summed E-state index contributed by atoms with van der Waals surface area (Å²) in [7, 11) is 1.20. The second-order valence-electron chi connectivity index (χ2n) is 2.97. The van der Waals surface area contributed by atoms with Crippen LogP contribution >= 0.6 is 15.9 Å². The van der Waals surface area contributed by atoms with E-state index in [2.05, 4.69) is 20.7 Å². The van der Waals surface area contributed by atoms with E-state index < -0.39 is 16.9 Å². The molecule has 1 aromatic rings. The van der Waals surface area contributed by atoms with Gasteiger partial charge in [-0.05, 0) is 27.6 Å². The molecule has 2 N–H and O–H groups in total. The van der Waals surface area contributed by atoms with Gasteiger partial charge in [-0.15, -0.1) is 0 Å². The van der Waals surface area contributed by atoms with Crippen LogP contribution in [0.25, 0.3) is 0 Å². The lowest BCUT2D eigenvalue weighted by atomic mass is 10.1. The summed E-state index contributed by atoms with van der Waals surface area (Å²) < 4.78 is 4.78. The summed E-state index contributed by atoms with van der Waals surface area (Å²) in [6.07, 6.45) is 0. The Labute approximate surface area is 99.7 Å². The first-order valence-electron chi connectivity index (χ1n) is 4.24. The van der Waals surface area contributed by atoms with Gasteiger partial charge >= 0.3 is 5.97 Å². The third-order valence-electron chi connectivity index (χ3n) is 1.98. The van der Waals surface area contributed by atoms with Crippen LogP contribution in [-0.2, 0) is 9.53 Å². The van der Waals surface area contributed by atoms with Crippen LogP contribution in [0.3, 0.4) is 0 Å². The first-order chi connectivity index (χ1) is 7.47. The number of carbonyl (C=O) groups is 1. The molecule has 0 saturated heterocycles. The molecule has 0 radical (unpaired) electrons. The van der Waals surface area contributed by atoms with Gasteiger partial charge < -0.3 is 10.5 Å². The first kappa shape index (κ1) is 12.6. The van der Waals surface area contributed by atoms with Gasteiger partial charge in [-0.3, -0.25) is 14.9 Å². The molecule has 16 heavy (non-hydrogen) atoms. The van der Waals surface area contributed by atoms with E-state index in [9.17, 15) is 14.9 Å².